The summed E-state index contributed by atoms with van der Waals surface area (Å²) in [5.41, 5.74) is 1.65. The van der Waals surface area contributed by atoms with Gasteiger partial charge < -0.3 is 5.11 Å². The summed E-state index contributed by atoms with van der Waals surface area (Å²) in [6.07, 6.45) is 0.918. The molecule has 2 heterocycles. The fourth-order valence-electron chi connectivity index (χ4n) is 1.75. The second kappa shape index (κ2) is 6.32. The molecule has 0 aliphatic carbocycles. The van der Waals surface area contributed by atoms with Crippen LogP contribution in [0.5, 0.6) is 0 Å². The quantitative estimate of drug-likeness (QED) is 0.675. The molecule has 20 heavy (non-hydrogen) atoms. The number of hydrogen-bond donors (Lipinski definition) is 1. The van der Waals surface area contributed by atoms with Crippen molar-refractivity contribution in [3.63, 3.8) is 0 Å². The predicted octanol–water partition coefficient (Wildman–Crippen LogP) is 3.10. The number of carboxylic acids is 1. The molecule has 0 aliphatic rings. The molecule has 1 N–H and O–H groups in total. The van der Waals surface area contributed by atoms with Crippen LogP contribution in [0.2, 0.25) is 0 Å². The normalized spacial score (nSPS) is 10.8. The molecule has 7 heteroatoms. The van der Waals surface area contributed by atoms with Crippen molar-refractivity contribution in [2.45, 2.75) is 38.0 Å². The zero-order chi connectivity index (χ0) is 14.7. The lowest BCUT2D eigenvalue weighted by Crippen LogP contribution is -2.08. The molecular formula is C13H15N3O2S2. The molecule has 0 unspecified atom stereocenters. The average molecular weight is 309 g/mol. The Morgan fingerprint density at radius 1 is 1.35 bits per heavy atom. The molecule has 5 nitrogen and oxygen atoms in total. The summed E-state index contributed by atoms with van der Waals surface area (Å²) in [4.78, 5) is 24.1. The minimum Gasteiger partial charge on any atom is -0.478 e. The second-order valence-electron chi connectivity index (χ2n) is 4.22. The standard InChI is InChI=1S/C13H15N3O2S2/c1-4-10-16-9(5-19-10)6-20-12-11(13(17)18)7(2)14-8(3)15-12/h5H,4,6H2,1-3H3,(H,17,18). The second-order valence-corrected chi connectivity index (χ2v) is 6.12. The van der Waals surface area contributed by atoms with Crippen LogP contribution in [0, 0.1) is 13.8 Å². The van der Waals surface area contributed by atoms with Gasteiger partial charge in [0.15, 0.2) is 0 Å². The lowest BCUT2D eigenvalue weighted by molar-refractivity contribution is 0.0690. The summed E-state index contributed by atoms with van der Waals surface area (Å²) in [6.45, 7) is 5.52. The molecule has 0 amide bonds. The monoisotopic (exact) mass is 309 g/mol. The molecule has 106 valence electrons. The summed E-state index contributed by atoms with van der Waals surface area (Å²) in [5.74, 6) is 0.215. The number of aromatic nitrogens is 3. The van der Waals surface area contributed by atoms with E-state index in [9.17, 15) is 9.90 Å². The number of aromatic carboxylic acids is 1. The number of nitrogens with zero attached hydrogens (tertiary/aromatic N) is 3. The molecule has 0 aromatic carbocycles. The molecule has 2 rings (SSSR count). The summed E-state index contributed by atoms with van der Waals surface area (Å²) < 4.78 is 0. The maximum Gasteiger partial charge on any atom is 0.340 e. The van der Waals surface area contributed by atoms with Crippen molar-refractivity contribution in [3.8, 4) is 0 Å². The van der Waals surface area contributed by atoms with E-state index in [1.165, 1.54) is 11.8 Å². The Balaban J connectivity index is 2.22. The van der Waals surface area contributed by atoms with Crippen molar-refractivity contribution in [1.29, 1.82) is 0 Å². The fourth-order valence-corrected chi connectivity index (χ4v) is 3.61. The van der Waals surface area contributed by atoms with Gasteiger partial charge in [0.05, 0.1) is 16.4 Å². The maximum absolute atomic E-state index is 11.3. The lowest BCUT2D eigenvalue weighted by atomic mass is 10.2. The first-order valence-corrected chi connectivity index (χ1v) is 8.02. The van der Waals surface area contributed by atoms with Crippen LogP contribution in [-0.2, 0) is 12.2 Å². The summed E-state index contributed by atoms with van der Waals surface area (Å²) in [5, 5.41) is 12.9. The third kappa shape index (κ3) is 3.34. The van der Waals surface area contributed by atoms with E-state index < -0.39 is 5.97 Å². The Hall–Kier alpha value is -1.47. The zero-order valence-corrected chi connectivity index (χ0v) is 13.1. The molecule has 0 spiro atoms. The van der Waals surface area contributed by atoms with Crippen LogP contribution in [0.3, 0.4) is 0 Å². The summed E-state index contributed by atoms with van der Waals surface area (Å²) >= 11 is 3.02. The van der Waals surface area contributed by atoms with Crippen LogP contribution < -0.4 is 0 Å². The zero-order valence-electron chi connectivity index (χ0n) is 11.5. The molecule has 0 fully saturated rings. The molecule has 0 atom stereocenters. The number of carboxylic acid groups (broad SMARTS) is 1. The molecule has 0 aliphatic heterocycles. The number of thiazole rings is 1. The van der Waals surface area contributed by atoms with E-state index in [-0.39, 0.29) is 5.56 Å². The van der Waals surface area contributed by atoms with E-state index in [0.717, 1.165) is 17.1 Å². The first kappa shape index (κ1) is 14.9. The van der Waals surface area contributed by atoms with Crippen molar-refractivity contribution >= 4 is 29.1 Å². The first-order chi connectivity index (χ1) is 9.51. The van der Waals surface area contributed by atoms with Crippen molar-refractivity contribution in [2.24, 2.45) is 0 Å². The Morgan fingerprint density at radius 3 is 2.70 bits per heavy atom. The smallest absolute Gasteiger partial charge is 0.340 e. The Morgan fingerprint density at radius 2 is 2.10 bits per heavy atom. The van der Waals surface area contributed by atoms with Crippen molar-refractivity contribution in [3.05, 3.63) is 33.2 Å². The van der Waals surface area contributed by atoms with Gasteiger partial charge in [-0.3, -0.25) is 0 Å². The molecule has 0 radical (unpaired) electrons. The summed E-state index contributed by atoms with van der Waals surface area (Å²) in [6, 6.07) is 0. The SMILES string of the molecule is CCc1nc(CSc2nc(C)nc(C)c2C(=O)O)cs1. The van der Waals surface area contributed by atoms with Gasteiger partial charge in [0.2, 0.25) is 0 Å². The van der Waals surface area contributed by atoms with Gasteiger partial charge in [-0.05, 0) is 20.3 Å². The van der Waals surface area contributed by atoms with Crippen LogP contribution in [0.4, 0.5) is 0 Å². The molecule has 0 saturated carbocycles. The van der Waals surface area contributed by atoms with Gasteiger partial charge >= 0.3 is 5.97 Å². The highest BCUT2D eigenvalue weighted by Crippen LogP contribution is 2.26. The van der Waals surface area contributed by atoms with E-state index in [2.05, 4.69) is 21.9 Å². The highest BCUT2D eigenvalue weighted by molar-refractivity contribution is 7.98. The topological polar surface area (TPSA) is 76.0 Å². The minimum atomic E-state index is -0.988. The highest BCUT2D eigenvalue weighted by Gasteiger charge is 2.17. The number of hydrogen-bond acceptors (Lipinski definition) is 6. The molecule has 0 bridgehead atoms. The van der Waals surface area contributed by atoms with Gasteiger partial charge in [-0.15, -0.1) is 11.3 Å². The number of aryl methyl sites for hydroxylation is 3. The average Bonchev–Trinajstić information content (AvgIpc) is 2.82. The molecule has 2 aromatic heterocycles. The van der Waals surface area contributed by atoms with Crippen molar-refractivity contribution in [1.82, 2.24) is 15.0 Å². The Labute approximate surface area is 125 Å². The summed E-state index contributed by atoms with van der Waals surface area (Å²) in [7, 11) is 0. The third-order valence-electron chi connectivity index (χ3n) is 2.64. The van der Waals surface area contributed by atoms with Crippen LogP contribution in [0.25, 0.3) is 0 Å². The molecular weight excluding hydrogens is 294 g/mol. The van der Waals surface area contributed by atoms with Crippen LogP contribution in [0.15, 0.2) is 10.4 Å². The lowest BCUT2D eigenvalue weighted by Gasteiger charge is -2.07. The van der Waals surface area contributed by atoms with Crippen molar-refractivity contribution in [2.75, 3.05) is 0 Å². The van der Waals surface area contributed by atoms with E-state index >= 15 is 0 Å². The molecule has 0 saturated heterocycles. The highest BCUT2D eigenvalue weighted by atomic mass is 32.2. The third-order valence-corrected chi connectivity index (χ3v) is 4.69. The van der Waals surface area contributed by atoms with Gasteiger partial charge in [0.25, 0.3) is 0 Å². The first-order valence-electron chi connectivity index (χ1n) is 6.15. The minimum absolute atomic E-state index is 0.187. The number of carbonyl (C=O) groups is 1. The Bertz CT molecular complexity index is 641. The number of thioether (sulfide) groups is 1. The Kier molecular flexibility index (Phi) is 4.72. The largest absolute Gasteiger partial charge is 0.478 e. The number of rotatable bonds is 5. The van der Waals surface area contributed by atoms with Crippen LogP contribution >= 0.6 is 23.1 Å². The fraction of sp³-hybridized carbons (Fsp3) is 0.385. The van der Waals surface area contributed by atoms with Gasteiger partial charge in [0, 0.05) is 11.1 Å². The van der Waals surface area contributed by atoms with Crippen LogP contribution in [-0.4, -0.2) is 26.0 Å². The van der Waals surface area contributed by atoms with Crippen molar-refractivity contribution < 1.29 is 9.90 Å². The van der Waals surface area contributed by atoms with E-state index in [4.69, 9.17) is 0 Å². The van der Waals surface area contributed by atoms with Gasteiger partial charge in [-0.2, -0.15) is 0 Å². The van der Waals surface area contributed by atoms with Crippen LogP contribution in [0.1, 0.15) is 39.5 Å². The maximum atomic E-state index is 11.3. The predicted molar refractivity (Wildman–Crippen MR) is 79.5 cm³/mol. The van der Waals surface area contributed by atoms with E-state index in [1.807, 2.05) is 5.38 Å². The van der Waals surface area contributed by atoms with Gasteiger partial charge in [-0.1, -0.05) is 18.7 Å². The molecule has 2 aromatic rings. The van der Waals surface area contributed by atoms with E-state index in [1.54, 1.807) is 25.2 Å². The van der Waals surface area contributed by atoms with Gasteiger partial charge in [0.1, 0.15) is 16.4 Å². The van der Waals surface area contributed by atoms with Gasteiger partial charge in [-0.25, -0.2) is 19.7 Å². The van der Waals surface area contributed by atoms with E-state index in [0.29, 0.717) is 22.3 Å².